The van der Waals surface area contributed by atoms with Gasteiger partial charge in [-0.1, -0.05) is 47.3 Å². The van der Waals surface area contributed by atoms with Crippen LogP contribution in [0.25, 0.3) is 22.7 Å². The van der Waals surface area contributed by atoms with E-state index in [2.05, 4.69) is 27.0 Å². The number of aliphatic imine (C=N–C) groups is 1. The van der Waals surface area contributed by atoms with Crippen LogP contribution in [-0.4, -0.2) is 26.0 Å². The Balaban J connectivity index is 1.58. The van der Waals surface area contributed by atoms with E-state index in [1.165, 1.54) is 0 Å². The van der Waals surface area contributed by atoms with E-state index in [0.717, 1.165) is 27.0 Å². The van der Waals surface area contributed by atoms with Crippen molar-refractivity contribution >= 4 is 29.6 Å². The Kier molecular flexibility index (Phi) is 5.73. The van der Waals surface area contributed by atoms with Crippen LogP contribution in [0.15, 0.2) is 84.8 Å². The van der Waals surface area contributed by atoms with Crippen molar-refractivity contribution in [2.75, 3.05) is 0 Å². The first-order valence-corrected chi connectivity index (χ1v) is 11.1. The first-order chi connectivity index (χ1) is 16.1. The van der Waals surface area contributed by atoms with E-state index in [4.69, 9.17) is 21.0 Å². The molecule has 3 heterocycles. The molecule has 33 heavy (non-hydrogen) atoms. The molecule has 7 nitrogen and oxygen atoms in total. The molecule has 1 N–H and O–H groups in total. The minimum atomic E-state index is -0.593. The van der Waals surface area contributed by atoms with Crippen LogP contribution < -0.4 is 5.76 Å². The molecule has 1 atom stereocenters. The molecule has 0 aliphatic carbocycles. The van der Waals surface area contributed by atoms with Crippen LogP contribution in [0, 0.1) is 11.8 Å². The fraction of sp³-hybridized carbons (Fsp3) is 0.0833. The second-order valence-corrected chi connectivity index (χ2v) is 8.58. The van der Waals surface area contributed by atoms with Crippen molar-refractivity contribution in [2.24, 2.45) is 12.0 Å². The van der Waals surface area contributed by atoms with E-state index < -0.39 is 5.76 Å². The number of H-pyrrole nitrogens is 1. The van der Waals surface area contributed by atoms with Gasteiger partial charge in [0, 0.05) is 34.3 Å². The highest BCUT2D eigenvalue weighted by Crippen LogP contribution is 2.38. The molecule has 0 radical (unpaired) electrons. The molecule has 5 rings (SSSR count). The lowest BCUT2D eigenvalue weighted by molar-refractivity contribution is 0.527. The lowest BCUT2D eigenvalue weighted by Crippen LogP contribution is -2.03. The number of hydrogen-bond acceptors (Lipinski definition) is 6. The summed E-state index contributed by atoms with van der Waals surface area (Å²) in [7, 11) is 1.96. The highest BCUT2D eigenvalue weighted by molar-refractivity contribution is 7.99. The number of nitrogens with one attached hydrogen (secondary N) is 1. The Morgan fingerprint density at radius 2 is 1.88 bits per heavy atom. The first-order valence-electron chi connectivity index (χ1n) is 9.94. The lowest BCUT2D eigenvalue weighted by atomic mass is 10.1. The number of aromatic nitrogens is 4. The minimum Gasteiger partial charge on any atom is -0.388 e. The maximum atomic E-state index is 11.3. The van der Waals surface area contributed by atoms with Crippen molar-refractivity contribution < 1.29 is 4.42 Å². The molecular formula is C24H16ClN5O2S. The predicted molar refractivity (Wildman–Crippen MR) is 128 cm³/mol. The Labute approximate surface area is 198 Å². The first kappa shape index (κ1) is 21.1. The highest BCUT2D eigenvalue weighted by Gasteiger charge is 2.22. The molecule has 4 aromatic rings. The zero-order valence-corrected chi connectivity index (χ0v) is 18.9. The van der Waals surface area contributed by atoms with E-state index in [0.29, 0.717) is 10.6 Å². The molecule has 0 bridgehead atoms. The summed E-state index contributed by atoms with van der Waals surface area (Å²) >= 11 is 7.65. The molecule has 162 valence electrons. The molecule has 0 spiro atoms. The summed E-state index contributed by atoms with van der Waals surface area (Å²) in [6, 6.07) is 14.8. The Hall–Kier alpha value is -3.80. The summed E-state index contributed by atoms with van der Waals surface area (Å²) in [5.74, 6) is 6.52. The van der Waals surface area contributed by atoms with Crippen molar-refractivity contribution in [2.45, 2.75) is 16.0 Å². The lowest BCUT2D eigenvalue weighted by Gasteiger charge is -2.09. The van der Waals surface area contributed by atoms with Crippen LogP contribution in [-0.2, 0) is 7.05 Å². The number of aromatic amines is 1. The molecule has 2 aromatic carbocycles. The number of nitrogens with zero attached hydrogens (tertiary/aromatic N) is 4. The third kappa shape index (κ3) is 4.42. The standard InChI is InChI=1S/C24H16ClN5O2S/c1-30-21(19-5-3-2-4-14-26-19)27-20(23(30)33-18-12-10-17(25)11-13-18)15-6-8-16(9-7-15)22-28-29-24(31)32-22/h2,4,6-14,19H,1H3,(H,29,31). The Morgan fingerprint density at radius 3 is 2.61 bits per heavy atom. The van der Waals surface area contributed by atoms with Crippen LogP contribution in [0.5, 0.6) is 0 Å². The van der Waals surface area contributed by atoms with Crippen molar-refractivity contribution in [3.63, 3.8) is 0 Å². The summed E-state index contributed by atoms with van der Waals surface area (Å²) in [5, 5.41) is 7.78. The minimum absolute atomic E-state index is 0.236. The van der Waals surface area contributed by atoms with Gasteiger partial charge < -0.3 is 8.98 Å². The number of imidazole rings is 1. The maximum absolute atomic E-state index is 11.3. The van der Waals surface area contributed by atoms with Gasteiger partial charge in [-0.2, -0.15) is 0 Å². The molecular weight excluding hydrogens is 458 g/mol. The second kappa shape index (κ2) is 8.98. The zero-order chi connectivity index (χ0) is 22.8. The third-order valence-corrected chi connectivity index (χ3v) is 6.33. The number of rotatable bonds is 5. The number of halogens is 1. The fourth-order valence-electron chi connectivity index (χ4n) is 3.31. The van der Waals surface area contributed by atoms with Crippen LogP contribution in [0.3, 0.4) is 0 Å². The summed E-state index contributed by atoms with van der Waals surface area (Å²) < 4.78 is 7.07. The Bertz CT molecular complexity index is 1480. The molecule has 0 fully saturated rings. The van der Waals surface area contributed by atoms with E-state index in [-0.39, 0.29) is 11.9 Å². The van der Waals surface area contributed by atoms with Crippen molar-refractivity contribution in [1.29, 1.82) is 0 Å². The van der Waals surface area contributed by atoms with Gasteiger partial charge in [0.15, 0.2) is 6.04 Å². The van der Waals surface area contributed by atoms with Gasteiger partial charge in [-0.3, -0.25) is 4.99 Å². The molecule has 1 unspecified atom stereocenters. The average Bonchev–Trinajstić information content (AvgIpc) is 3.28. The van der Waals surface area contributed by atoms with Gasteiger partial charge >= 0.3 is 5.76 Å². The van der Waals surface area contributed by atoms with Crippen molar-refractivity contribution in [1.82, 2.24) is 19.7 Å². The molecule has 1 aliphatic rings. The molecule has 9 heteroatoms. The molecule has 0 saturated carbocycles. The van der Waals surface area contributed by atoms with E-state index in [1.54, 1.807) is 24.1 Å². The van der Waals surface area contributed by atoms with Gasteiger partial charge in [-0.25, -0.2) is 14.9 Å². The van der Waals surface area contributed by atoms with E-state index in [1.807, 2.05) is 66.2 Å². The average molecular weight is 474 g/mol. The van der Waals surface area contributed by atoms with Crippen molar-refractivity contribution in [3.8, 4) is 34.6 Å². The Morgan fingerprint density at radius 1 is 1.12 bits per heavy atom. The smallest absolute Gasteiger partial charge is 0.388 e. The quantitative estimate of drug-likeness (QED) is 0.415. The second-order valence-electron chi connectivity index (χ2n) is 7.08. The van der Waals surface area contributed by atoms with Gasteiger partial charge in [0.1, 0.15) is 16.5 Å². The largest absolute Gasteiger partial charge is 0.434 e. The number of allylic oxidation sites excluding steroid dienone is 2. The summed E-state index contributed by atoms with van der Waals surface area (Å²) in [5.41, 5.74) is 2.39. The maximum Gasteiger partial charge on any atom is 0.434 e. The number of benzene rings is 2. The van der Waals surface area contributed by atoms with Gasteiger partial charge in [-0.15, -0.1) is 5.10 Å². The normalized spacial score (nSPS) is 14.7. The van der Waals surface area contributed by atoms with Crippen LogP contribution in [0.1, 0.15) is 11.9 Å². The summed E-state index contributed by atoms with van der Waals surface area (Å²) in [4.78, 5) is 21.8. The topological polar surface area (TPSA) is 89.1 Å². The van der Waals surface area contributed by atoms with Gasteiger partial charge in [-0.05, 0) is 48.6 Å². The predicted octanol–water partition coefficient (Wildman–Crippen LogP) is 4.92. The fourth-order valence-corrected chi connectivity index (χ4v) is 4.42. The van der Waals surface area contributed by atoms with Gasteiger partial charge in [0.2, 0.25) is 5.89 Å². The monoisotopic (exact) mass is 473 g/mol. The highest BCUT2D eigenvalue weighted by atomic mass is 35.5. The molecule has 0 saturated heterocycles. The summed E-state index contributed by atoms with van der Waals surface area (Å²) in [6.07, 6.45) is 5.31. The van der Waals surface area contributed by atoms with Crippen LogP contribution in [0.4, 0.5) is 0 Å². The molecule has 0 amide bonds. The SMILES string of the molecule is Cn1c(C2C#CC=CC=N2)nc(-c2ccc(-c3n[nH]c(=O)o3)cc2)c1Sc1ccc(Cl)cc1. The third-order valence-electron chi connectivity index (χ3n) is 4.91. The van der Waals surface area contributed by atoms with E-state index in [9.17, 15) is 4.79 Å². The van der Waals surface area contributed by atoms with Crippen LogP contribution >= 0.6 is 23.4 Å². The van der Waals surface area contributed by atoms with E-state index >= 15 is 0 Å². The zero-order valence-electron chi connectivity index (χ0n) is 17.3. The van der Waals surface area contributed by atoms with Gasteiger partial charge in [0.05, 0.1) is 0 Å². The molecule has 1 aliphatic heterocycles. The van der Waals surface area contributed by atoms with Crippen molar-refractivity contribution in [3.05, 3.63) is 82.1 Å². The number of hydrogen-bond donors (Lipinski definition) is 1. The summed E-state index contributed by atoms with van der Waals surface area (Å²) in [6.45, 7) is 0. The van der Waals surface area contributed by atoms with Gasteiger partial charge in [0.25, 0.3) is 0 Å². The van der Waals surface area contributed by atoms with Crippen LogP contribution in [0.2, 0.25) is 5.02 Å². The molecule has 2 aromatic heterocycles.